The molecule has 130 valence electrons. The lowest BCUT2D eigenvalue weighted by Crippen LogP contribution is -2.14. The molecular weight excluding hydrogens is 398 g/mol. The third-order valence-electron chi connectivity index (χ3n) is 3.33. The smallest absolute Gasteiger partial charge is 0.331 e. The van der Waals surface area contributed by atoms with Crippen LogP contribution in [0.5, 0.6) is 5.75 Å². The van der Waals surface area contributed by atoms with Gasteiger partial charge in [0.15, 0.2) is 11.5 Å². The molecule has 8 nitrogen and oxygen atoms in total. The van der Waals surface area contributed by atoms with E-state index in [2.05, 4.69) is 15.9 Å². The minimum atomic E-state index is -0.611. The number of non-ortho nitro benzene ring substituents is 1. The van der Waals surface area contributed by atoms with Gasteiger partial charge in [0, 0.05) is 29.3 Å². The largest absolute Gasteiger partial charge is 0.467 e. The molecule has 0 saturated heterocycles. The number of nitrogens with zero attached hydrogens (tertiary/aromatic N) is 1. The van der Waals surface area contributed by atoms with Crippen LogP contribution >= 0.6 is 15.9 Å². The van der Waals surface area contributed by atoms with Gasteiger partial charge < -0.3 is 18.6 Å². The highest BCUT2D eigenvalue weighted by Gasteiger charge is 2.21. The number of nitro benzene ring substituents is 1. The summed E-state index contributed by atoms with van der Waals surface area (Å²) in [6, 6.07) is 6.08. The molecule has 1 aliphatic rings. The molecule has 0 radical (unpaired) electrons. The minimum absolute atomic E-state index is 0.0407. The van der Waals surface area contributed by atoms with E-state index >= 15 is 0 Å². The van der Waals surface area contributed by atoms with E-state index in [4.69, 9.17) is 18.6 Å². The Balaban J connectivity index is 1.71. The van der Waals surface area contributed by atoms with Crippen molar-refractivity contribution in [3.63, 3.8) is 0 Å². The zero-order valence-corrected chi connectivity index (χ0v) is 14.4. The number of hydrogen-bond donors (Lipinski definition) is 0. The molecule has 1 aromatic heterocycles. The number of carbonyl (C=O) groups excluding carboxylic acids is 1. The maximum Gasteiger partial charge on any atom is 0.331 e. The first-order chi connectivity index (χ1) is 12.0. The van der Waals surface area contributed by atoms with E-state index in [-0.39, 0.29) is 25.7 Å². The Kier molecular flexibility index (Phi) is 5.15. The number of furan rings is 1. The molecule has 0 atom stereocenters. The van der Waals surface area contributed by atoms with E-state index in [0.717, 1.165) is 0 Å². The standard InChI is InChI=1S/C16H12BrNO7/c17-14-3-1-13(25-14)2-4-15(19)23-8-11-6-12(18(20)21)5-10-7-22-9-24-16(10)11/h1-6H,7-9H2. The summed E-state index contributed by atoms with van der Waals surface area (Å²) >= 11 is 3.16. The average Bonchev–Trinajstić information content (AvgIpc) is 3.03. The van der Waals surface area contributed by atoms with Crippen LogP contribution in [0.2, 0.25) is 0 Å². The van der Waals surface area contributed by atoms with Gasteiger partial charge in [0.05, 0.1) is 11.5 Å². The molecular formula is C16H12BrNO7. The highest BCUT2D eigenvalue weighted by atomic mass is 79.9. The quantitative estimate of drug-likeness (QED) is 0.321. The number of rotatable bonds is 5. The maximum atomic E-state index is 11.8. The number of nitro groups is 1. The summed E-state index contributed by atoms with van der Waals surface area (Å²) in [5.41, 5.74) is 0.840. The Bertz CT molecular complexity index is 843. The van der Waals surface area contributed by atoms with Gasteiger partial charge in [-0.1, -0.05) is 0 Å². The molecule has 0 bridgehead atoms. The van der Waals surface area contributed by atoms with Crippen molar-refractivity contribution in [2.24, 2.45) is 0 Å². The summed E-state index contributed by atoms with van der Waals surface area (Å²) in [6.07, 6.45) is 2.67. The molecule has 0 aliphatic carbocycles. The van der Waals surface area contributed by atoms with E-state index in [1.54, 1.807) is 12.1 Å². The monoisotopic (exact) mass is 409 g/mol. The van der Waals surface area contributed by atoms with Crippen molar-refractivity contribution in [3.05, 3.63) is 62.0 Å². The Morgan fingerprint density at radius 1 is 1.40 bits per heavy atom. The lowest BCUT2D eigenvalue weighted by molar-refractivity contribution is -0.385. The van der Waals surface area contributed by atoms with Gasteiger partial charge in [-0.05, 0) is 34.1 Å². The number of fused-ring (bicyclic) bond motifs is 1. The Hall–Kier alpha value is -2.65. The number of esters is 1. The fraction of sp³-hybridized carbons (Fsp3) is 0.188. The molecule has 0 fully saturated rings. The third-order valence-corrected chi connectivity index (χ3v) is 3.76. The molecule has 0 unspecified atom stereocenters. The van der Waals surface area contributed by atoms with Crippen molar-refractivity contribution in [2.45, 2.75) is 13.2 Å². The van der Waals surface area contributed by atoms with Crippen LogP contribution in [0.3, 0.4) is 0 Å². The summed E-state index contributed by atoms with van der Waals surface area (Å²) in [5.74, 6) is 0.320. The summed E-state index contributed by atoms with van der Waals surface area (Å²) in [6.45, 7) is 0.0826. The zero-order valence-electron chi connectivity index (χ0n) is 12.8. The van der Waals surface area contributed by atoms with Gasteiger partial charge in [-0.15, -0.1) is 0 Å². The molecule has 2 heterocycles. The van der Waals surface area contributed by atoms with E-state index in [9.17, 15) is 14.9 Å². The third kappa shape index (κ3) is 4.25. The fourth-order valence-electron chi connectivity index (χ4n) is 2.26. The Labute approximate surface area is 150 Å². The molecule has 0 amide bonds. The number of halogens is 1. The lowest BCUT2D eigenvalue weighted by atomic mass is 10.1. The van der Waals surface area contributed by atoms with Crippen molar-refractivity contribution in [2.75, 3.05) is 6.79 Å². The second kappa shape index (κ2) is 7.49. The van der Waals surface area contributed by atoms with Crippen molar-refractivity contribution in [3.8, 4) is 5.75 Å². The van der Waals surface area contributed by atoms with Crippen LogP contribution in [0.15, 0.2) is 39.4 Å². The molecule has 25 heavy (non-hydrogen) atoms. The SMILES string of the molecule is O=C(C=Cc1ccc(Br)o1)OCc1cc([N+](=O)[O-])cc2c1OCOC2. The van der Waals surface area contributed by atoms with Gasteiger partial charge in [0.1, 0.15) is 18.1 Å². The number of ether oxygens (including phenoxy) is 3. The van der Waals surface area contributed by atoms with Crippen LogP contribution < -0.4 is 4.74 Å². The fourth-order valence-corrected chi connectivity index (χ4v) is 2.58. The summed E-state index contributed by atoms with van der Waals surface area (Å²) in [7, 11) is 0. The Morgan fingerprint density at radius 3 is 2.96 bits per heavy atom. The molecule has 1 aromatic carbocycles. The molecule has 2 aromatic rings. The van der Waals surface area contributed by atoms with E-state index < -0.39 is 10.9 Å². The Morgan fingerprint density at radius 2 is 2.24 bits per heavy atom. The van der Waals surface area contributed by atoms with Crippen molar-refractivity contribution >= 4 is 33.7 Å². The number of hydrogen-bond acceptors (Lipinski definition) is 7. The summed E-state index contributed by atoms with van der Waals surface area (Å²) in [5, 5.41) is 11.0. The highest BCUT2D eigenvalue weighted by Crippen LogP contribution is 2.33. The van der Waals surface area contributed by atoms with Crippen molar-refractivity contribution in [1.29, 1.82) is 0 Å². The predicted octanol–water partition coefficient (Wildman–Crippen LogP) is 3.57. The maximum absolute atomic E-state index is 11.8. The van der Waals surface area contributed by atoms with Crippen LogP contribution in [0.1, 0.15) is 16.9 Å². The first kappa shape index (κ1) is 17.2. The van der Waals surface area contributed by atoms with Crippen LogP contribution in [0.25, 0.3) is 6.08 Å². The second-order valence-electron chi connectivity index (χ2n) is 5.04. The van der Waals surface area contributed by atoms with Gasteiger partial charge in [-0.25, -0.2) is 4.79 Å². The van der Waals surface area contributed by atoms with Crippen LogP contribution in [-0.4, -0.2) is 17.7 Å². The van der Waals surface area contributed by atoms with Gasteiger partial charge >= 0.3 is 5.97 Å². The average molecular weight is 410 g/mol. The molecule has 3 rings (SSSR count). The molecule has 0 spiro atoms. The van der Waals surface area contributed by atoms with Gasteiger partial charge in [-0.3, -0.25) is 10.1 Å². The second-order valence-corrected chi connectivity index (χ2v) is 5.83. The number of carbonyl (C=O) groups is 1. The molecule has 0 N–H and O–H groups in total. The highest BCUT2D eigenvalue weighted by molar-refractivity contribution is 9.10. The first-order valence-corrected chi connectivity index (χ1v) is 7.93. The van der Waals surface area contributed by atoms with Crippen molar-refractivity contribution in [1.82, 2.24) is 0 Å². The van der Waals surface area contributed by atoms with Crippen LogP contribution in [-0.2, 0) is 27.5 Å². The van der Waals surface area contributed by atoms with Gasteiger partial charge in [-0.2, -0.15) is 0 Å². The summed E-state index contributed by atoms with van der Waals surface area (Å²) in [4.78, 5) is 22.3. The van der Waals surface area contributed by atoms with Gasteiger partial charge in [0.25, 0.3) is 5.69 Å². The number of benzene rings is 1. The zero-order chi connectivity index (χ0) is 17.8. The normalized spacial score (nSPS) is 13.3. The van der Waals surface area contributed by atoms with E-state index in [1.807, 2.05) is 0 Å². The summed E-state index contributed by atoms with van der Waals surface area (Å²) < 4.78 is 21.4. The molecule has 1 aliphatic heterocycles. The lowest BCUT2D eigenvalue weighted by Gasteiger charge is -2.20. The topological polar surface area (TPSA) is 101 Å². The van der Waals surface area contributed by atoms with Gasteiger partial charge in [0.2, 0.25) is 0 Å². The molecule has 0 saturated carbocycles. The minimum Gasteiger partial charge on any atom is -0.467 e. The molecule has 9 heteroatoms. The van der Waals surface area contributed by atoms with E-state index in [1.165, 1.54) is 24.3 Å². The van der Waals surface area contributed by atoms with Crippen LogP contribution in [0.4, 0.5) is 5.69 Å². The first-order valence-electron chi connectivity index (χ1n) is 7.14. The van der Waals surface area contributed by atoms with Crippen LogP contribution in [0, 0.1) is 10.1 Å². The predicted molar refractivity (Wildman–Crippen MR) is 88.6 cm³/mol. The van der Waals surface area contributed by atoms with E-state index in [0.29, 0.717) is 27.3 Å². The van der Waals surface area contributed by atoms with Crippen molar-refractivity contribution < 1.29 is 28.3 Å².